The normalized spacial score (nSPS) is 15.7. The third-order valence-electron chi connectivity index (χ3n) is 4.40. The summed E-state index contributed by atoms with van der Waals surface area (Å²) in [6.07, 6.45) is 3.08. The van der Waals surface area contributed by atoms with Crippen molar-refractivity contribution in [2.75, 3.05) is 36.4 Å². The summed E-state index contributed by atoms with van der Waals surface area (Å²) in [5, 5.41) is 6.26. The number of nitrogens with zero attached hydrogens (tertiary/aromatic N) is 1. The van der Waals surface area contributed by atoms with Gasteiger partial charge in [-0.15, -0.1) is 0 Å². The monoisotopic (exact) mass is 317 g/mol. The fourth-order valence-electron chi connectivity index (χ4n) is 2.78. The molecule has 0 spiro atoms. The van der Waals surface area contributed by atoms with E-state index >= 15 is 0 Å². The number of hydrogen-bond acceptors (Lipinski definition) is 3. The van der Waals surface area contributed by atoms with Gasteiger partial charge in [0.1, 0.15) is 0 Å². The van der Waals surface area contributed by atoms with Crippen LogP contribution in [0, 0.1) is 11.8 Å². The van der Waals surface area contributed by atoms with Crippen LogP contribution in [0.3, 0.4) is 0 Å². The Morgan fingerprint density at radius 2 is 1.87 bits per heavy atom. The number of carbonyl (C=O) groups is 1. The lowest BCUT2D eigenvalue weighted by Gasteiger charge is -2.32. The number of hydrogen-bond donors (Lipinski definition) is 2. The lowest BCUT2D eigenvalue weighted by molar-refractivity contribution is -0.120. The third kappa shape index (κ3) is 6.12. The molecule has 23 heavy (non-hydrogen) atoms. The Labute approximate surface area is 140 Å². The zero-order chi connectivity index (χ0) is 16.7. The first-order valence-corrected chi connectivity index (χ1v) is 8.90. The molecule has 1 aromatic carbocycles. The van der Waals surface area contributed by atoms with Gasteiger partial charge in [-0.1, -0.05) is 20.8 Å². The second kappa shape index (κ2) is 8.80. The highest BCUT2D eigenvalue weighted by Gasteiger charge is 2.15. The van der Waals surface area contributed by atoms with E-state index in [1.165, 1.54) is 18.5 Å². The van der Waals surface area contributed by atoms with Crippen molar-refractivity contribution < 1.29 is 4.79 Å². The van der Waals surface area contributed by atoms with E-state index in [1.54, 1.807) is 0 Å². The maximum absolute atomic E-state index is 11.7. The minimum atomic E-state index is 0.116. The molecular formula is C19H31N3O. The van der Waals surface area contributed by atoms with Crippen LogP contribution in [0.25, 0.3) is 0 Å². The smallest absolute Gasteiger partial charge is 0.221 e. The third-order valence-corrected chi connectivity index (χ3v) is 4.40. The molecule has 4 heteroatoms. The fourth-order valence-corrected chi connectivity index (χ4v) is 2.78. The SMILES string of the molecule is CC(C)CNC(=O)CCNc1ccc(N2CCC(C)CC2)cc1. The van der Waals surface area contributed by atoms with E-state index in [9.17, 15) is 4.79 Å². The minimum absolute atomic E-state index is 0.116. The molecule has 2 N–H and O–H groups in total. The molecule has 1 heterocycles. The molecule has 0 aliphatic carbocycles. The summed E-state index contributed by atoms with van der Waals surface area (Å²) in [5.41, 5.74) is 2.38. The van der Waals surface area contributed by atoms with Crippen LogP contribution in [0.2, 0.25) is 0 Å². The lowest BCUT2D eigenvalue weighted by atomic mass is 9.99. The molecule has 0 saturated carbocycles. The molecule has 0 aromatic heterocycles. The topological polar surface area (TPSA) is 44.4 Å². The summed E-state index contributed by atoms with van der Waals surface area (Å²) in [4.78, 5) is 14.1. The summed E-state index contributed by atoms with van der Waals surface area (Å²) in [6, 6.07) is 8.58. The average Bonchev–Trinajstić information content (AvgIpc) is 2.54. The largest absolute Gasteiger partial charge is 0.385 e. The van der Waals surface area contributed by atoms with Gasteiger partial charge >= 0.3 is 0 Å². The summed E-state index contributed by atoms with van der Waals surface area (Å²) < 4.78 is 0. The van der Waals surface area contributed by atoms with Gasteiger partial charge in [0.2, 0.25) is 5.91 Å². The van der Waals surface area contributed by atoms with Crippen LogP contribution in [-0.2, 0) is 4.79 Å². The Hall–Kier alpha value is -1.71. The minimum Gasteiger partial charge on any atom is -0.385 e. The van der Waals surface area contributed by atoms with Crippen LogP contribution in [-0.4, -0.2) is 32.1 Å². The van der Waals surface area contributed by atoms with E-state index in [0.717, 1.165) is 31.2 Å². The van der Waals surface area contributed by atoms with Gasteiger partial charge in [0.05, 0.1) is 0 Å². The van der Waals surface area contributed by atoms with Gasteiger partial charge in [-0.2, -0.15) is 0 Å². The molecule has 4 nitrogen and oxygen atoms in total. The summed E-state index contributed by atoms with van der Waals surface area (Å²) in [6.45, 7) is 10.3. The maximum atomic E-state index is 11.7. The van der Waals surface area contributed by atoms with Gasteiger partial charge in [0.25, 0.3) is 0 Å². The van der Waals surface area contributed by atoms with Gasteiger partial charge < -0.3 is 15.5 Å². The Morgan fingerprint density at radius 1 is 1.22 bits per heavy atom. The van der Waals surface area contributed by atoms with Gasteiger partial charge in [0.15, 0.2) is 0 Å². The van der Waals surface area contributed by atoms with Gasteiger partial charge in [-0.25, -0.2) is 0 Å². The molecule has 0 radical (unpaired) electrons. The molecule has 0 bridgehead atoms. The van der Waals surface area contributed by atoms with Crippen LogP contribution < -0.4 is 15.5 Å². The second-order valence-electron chi connectivity index (χ2n) is 7.09. The molecule has 1 aromatic rings. The van der Waals surface area contributed by atoms with Crippen LogP contribution in [0.4, 0.5) is 11.4 Å². The van der Waals surface area contributed by atoms with E-state index in [2.05, 4.69) is 60.6 Å². The number of carbonyl (C=O) groups excluding carboxylic acids is 1. The van der Waals surface area contributed by atoms with Gasteiger partial charge in [-0.3, -0.25) is 4.79 Å². The highest BCUT2D eigenvalue weighted by atomic mass is 16.1. The highest BCUT2D eigenvalue weighted by molar-refractivity contribution is 5.76. The molecule has 1 aliphatic heterocycles. The number of amides is 1. The molecule has 1 amide bonds. The molecule has 0 atom stereocenters. The standard InChI is InChI=1S/C19H31N3O/c1-15(2)14-21-19(23)8-11-20-17-4-6-18(7-5-17)22-12-9-16(3)10-13-22/h4-7,15-16,20H,8-14H2,1-3H3,(H,21,23). The van der Waals surface area contributed by atoms with E-state index in [4.69, 9.17) is 0 Å². The van der Waals surface area contributed by atoms with Crippen LogP contribution in [0.15, 0.2) is 24.3 Å². The predicted molar refractivity (Wildman–Crippen MR) is 98.0 cm³/mol. The van der Waals surface area contributed by atoms with Crippen molar-refractivity contribution in [2.24, 2.45) is 11.8 Å². The number of nitrogens with one attached hydrogen (secondary N) is 2. The molecule has 0 unspecified atom stereocenters. The van der Waals surface area contributed by atoms with Crippen molar-refractivity contribution >= 4 is 17.3 Å². The Kier molecular flexibility index (Phi) is 6.75. The number of benzene rings is 1. The molecule has 1 saturated heterocycles. The van der Waals surface area contributed by atoms with Crippen molar-refractivity contribution in [2.45, 2.75) is 40.0 Å². The maximum Gasteiger partial charge on any atom is 0.221 e. The van der Waals surface area contributed by atoms with Crippen molar-refractivity contribution in [1.29, 1.82) is 0 Å². The van der Waals surface area contributed by atoms with Crippen molar-refractivity contribution in [3.05, 3.63) is 24.3 Å². The summed E-state index contributed by atoms with van der Waals surface area (Å²) >= 11 is 0. The number of piperidine rings is 1. The molecule has 1 fully saturated rings. The van der Waals surface area contributed by atoms with E-state index in [0.29, 0.717) is 18.9 Å². The molecular weight excluding hydrogens is 286 g/mol. The quantitative estimate of drug-likeness (QED) is 0.809. The predicted octanol–water partition coefficient (Wildman–Crippen LogP) is 3.50. The highest BCUT2D eigenvalue weighted by Crippen LogP contribution is 2.24. The van der Waals surface area contributed by atoms with Crippen LogP contribution >= 0.6 is 0 Å². The van der Waals surface area contributed by atoms with Crippen LogP contribution in [0.5, 0.6) is 0 Å². The molecule has 128 valence electrons. The van der Waals surface area contributed by atoms with Crippen LogP contribution in [0.1, 0.15) is 40.0 Å². The molecule has 1 aliphatic rings. The zero-order valence-electron chi connectivity index (χ0n) is 14.8. The van der Waals surface area contributed by atoms with E-state index in [1.807, 2.05) is 0 Å². The van der Waals surface area contributed by atoms with Gasteiger partial charge in [-0.05, 0) is 48.9 Å². The average molecular weight is 317 g/mol. The fraction of sp³-hybridized carbons (Fsp3) is 0.632. The van der Waals surface area contributed by atoms with Crippen molar-refractivity contribution in [3.63, 3.8) is 0 Å². The second-order valence-corrected chi connectivity index (χ2v) is 7.09. The lowest BCUT2D eigenvalue weighted by Crippen LogP contribution is -2.32. The van der Waals surface area contributed by atoms with E-state index < -0.39 is 0 Å². The Morgan fingerprint density at radius 3 is 2.48 bits per heavy atom. The first-order valence-electron chi connectivity index (χ1n) is 8.90. The van der Waals surface area contributed by atoms with Crippen molar-refractivity contribution in [1.82, 2.24) is 5.32 Å². The number of rotatable bonds is 7. The van der Waals surface area contributed by atoms with Crippen molar-refractivity contribution in [3.8, 4) is 0 Å². The zero-order valence-corrected chi connectivity index (χ0v) is 14.8. The number of anilines is 2. The first kappa shape index (κ1) is 17.6. The van der Waals surface area contributed by atoms with Gasteiger partial charge in [0, 0.05) is 44.0 Å². The summed E-state index contributed by atoms with van der Waals surface area (Å²) in [7, 11) is 0. The molecule has 2 rings (SSSR count). The first-order chi connectivity index (χ1) is 11.0. The Balaban J connectivity index is 1.71. The Bertz CT molecular complexity index is 476. The van der Waals surface area contributed by atoms with E-state index in [-0.39, 0.29) is 5.91 Å². The summed E-state index contributed by atoms with van der Waals surface area (Å²) in [5.74, 6) is 1.47.